The zero-order chi connectivity index (χ0) is 15.2. The van der Waals surface area contributed by atoms with E-state index in [-0.39, 0.29) is 24.7 Å². The number of hydrogen-bond acceptors (Lipinski definition) is 3. The molecule has 2 aromatic carbocycles. The Bertz CT molecular complexity index is 613. The fourth-order valence-corrected chi connectivity index (χ4v) is 2.13. The molecule has 21 heavy (non-hydrogen) atoms. The van der Waals surface area contributed by atoms with Crippen LogP contribution in [0.25, 0.3) is 0 Å². The number of aromatic hydroxyl groups is 1. The monoisotopic (exact) mass is 305 g/mol. The lowest BCUT2D eigenvalue weighted by Gasteiger charge is -2.17. The maximum atomic E-state index is 12.0. The first kappa shape index (κ1) is 15.4. The van der Waals surface area contributed by atoms with Crippen LogP contribution in [0.5, 0.6) is 5.75 Å². The quantitative estimate of drug-likeness (QED) is 0.794. The van der Waals surface area contributed by atoms with E-state index >= 15 is 0 Å². The zero-order valence-electron chi connectivity index (χ0n) is 11.3. The molecule has 0 aliphatic rings. The zero-order valence-corrected chi connectivity index (χ0v) is 12.0. The summed E-state index contributed by atoms with van der Waals surface area (Å²) < 4.78 is 0. The molecule has 4 nitrogen and oxygen atoms in total. The summed E-state index contributed by atoms with van der Waals surface area (Å²) >= 11 is 5.81. The number of halogens is 1. The lowest BCUT2D eigenvalue weighted by molar-refractivity contribution is -0.121. The van der Waals surface area contributed by atoms with E-state index in [9.17, 15) is 15.0 Å². The van der Waals surface area contributed by atoms with E-state index in [2.05, 4.69) is 5.32 Å². The average molecular weight is 306 g/mol. The van der Waals surface area contributed by atoms with Crippen LogP contribution in [0.4, 0.5) is 0 Å². The molecule has 2 rings (SSSR count). The second-order valence-corrected chi connectivity index (χ2v) is 5.10. The number of para-hydroxylation sites is 1. The van der Waals surface area contributed by atoms with Crippen molar-refractivity contribution in [3.05, 3.63) is 64.7 Å². The standard InChI is InChI=1S/C16H16ClNO3/c17-13-7-5-11(6-8-13)14(10-19)18-16(21)9-12-3-1-2-4-15(12)20/h1-8,14,19-20H,9-10H2,(H,18,21). The average Bonchev–Trinajstić information content (AvgIpc) is 2.48. The summed E-state index contributed by atoms with van der Waals surface area (Å²) in [5.41, 5.74) is 1.32. The van der Waals surface area contributed by atoms with Gasteiger partial charge in [0.05, 0.1) is 19.1 Å². The van der Waals surface area contributed by atoms with Crippen molar-refractivity contribution in [3.63, 3.8) is 0 Å². The van der Waals surface area contributed by atoms with E-state index in [0.29, 0.717) is 10.6 Å². The molecule has 0 aromatic heterocycles. The van der Waals surface area contributed by atoms with Gasteiger partial charge in [-0.05, 0) is 23.8 Å². The first-order chi connectivity index (χ1) is 10.1. The van der Waals surface area contributed by atoms with Crippen LogP contribution in [0.3, 0.4) is 0 Å². The number of carbonyl (C=O) groups is 1. The van der Waals surface area contributed by atoms with Crippen molar-refractivity contribution in [3.8, 4) is 5.75 Å². The summed E-state index contributed by atoms with van der Waals surface area (Å²) in [6.07, 6.45) is 0.0523. The highest BCUT2D eigenvalue weighted by Crippen LogP contribution is 2.18. The number of benzene rings is 2. The van der Waals surface area contributed by atoms with Gasteiger partial charge in [0.2, 0.25) is 5.91 Å². The molecule has 3 N–H and O–H groups in total. The van der Waals surface area contributed by atoms with Crippen LogP contribution in [-0.2, 0) is 11.2 Å². The molecule has 1 atom stereocenters. The van der Waals surface area contributed by atoms with E-state index in [0.717, 1.165) is 5.56 Å². The predicted octanol–water partition coefficient (Wildman–Crippen LogP) is 2.44. The van der Waals surface area contributed by atoms with Gasteiger partial charge in [-0.2, -0.15) is 0 Å². The van der Waals surface area contributed by atoms with Crippen molar-refractivity contribution in [2.24, 2.45) is 0 Å². The van der Waals surface area contributed by atoms with Crippen LogP contribution in [0.2, 0.25) is 5.02 Å². The van der Waals surface area contributed by atoms with Gasteiger partial charge in [-0.1, -0.05) is 41.9 Å². The highest BCUT2D eigenvalue weighted by Gasteiger charge is 2.15. The molecule has 0 aliphatic heterocycles. The van der Waals surface area contributed by atoms with Crippen LogP contribution in [0, 0.1) is 0 Å². The molecule has 0 spiro atoms. The number of aliphatic hydroxyl groups excluding tert-OH is 1. The summed E-state index contributed by atoms with van der Waals surface area (Å²) in [5, 5.41) is 22.4. The number of amides is 1. The van der Waals surface area contributed by atoms with Gasteiger partial charge < -0.3 is 15.5 Å². The second kappa shape index (κ2) is 7.11. The van der Waals surface area contributed by atoms with Gasteiger partial charge in [0, 0.05) is 10.6 Å². The molecule has 0 saturated heterocycles. The first-order valence-electron chi connectivity index (χ1n) is 6.52. The molecule has 1 unspecified atom stereocenters. The Morgan fingerprint density at radius 1 is 1.14 bits per heavy atom. The van der Waals surface area contributed by atoms with Gasteiger partial charge in [0.15, 0.2) is 0 Å². The van der Waals surface area contributed by atoms with Gasteiger partial charge in [0.25, 0.3) is 0 Å². The first-order valence-corrected chi connectivity index (χ1v) is 6.90. The third-order valence-corrected chi connectivity index (χ3v) is 3.38. The molecule has 0 radical (unpaired) electrons. The normalized spacial score (nSPS) is 11.9. The minimum atomic E-state index is -0.499. The van der Waals surface area contributed by atoms with Crippen molar-refractivity contribution < 1.29 is 15.0 Å². The van der Waals surface area contributed by atoms with Crippen LogP contribution in [0.1, 0.15) is 17.2 Å². The van der Waals surface area contributed by atoms with Crippen molar-refractivity contribution in [2.75, 3.05) is 6.61 Å². The number of aliphatic hydroxyl groups is 1. The molecule has 0 heterocycles. The summed E-state index contributed by atoms with van der Waals surface area (Å²) in [4.78, 5) is 12.0. The number of hydrogen-bond donors (Lipinski definition) is 3. The Kier molecular flexibility index (Phi) is 5.20. The Labute approximate surface area is 128 Å². The molecular formula is C16H16ClNO3. The van der Waals surface area contributed by atoms with Crippen LogP contribution in [0.15, 0.2) is 48.5 Å². The van der Waals surface area contributed by atoms with Gasteiger partial charge in [0.1, 0.15) is 5.75 Å². The topological polar surface area (TPSA) is 69.6 Å². The molecule has 110 valence electrons. The number of carbonyl (C=O) groups excluding carboxylic acids is 1. The number of rotatable bonds is 5. The Morgan fingerprint density at radius 2 is 1.81 bits per heavy atom. The number of nitrogens with one attached hydrogen (secondary N) is 1. The highest BCUT2D eigenvalue weighted by atomic mass is 35.5. The molecule has 0 aliphatic carbocycles. The summed E-state index contributed by atoms with van der Waals surface area (Å²) in [7, 11) is 0. The van der Waals surface area contributed by atoms with Crippen LogP contribution < -0.4 is 5.32 Å². The molecule has 2 aromatic rings. The molecular weight excluding hydrogens is 290 g/mol. The fourth-order valence-electron chi connectivity index (χ4n) is 2.01. The van der Waals surface area contributed by atoms with Crippen molar-refractivity contribution in [1.82, 2.24) is 5.32 Å². The third kappa shape index (κ3) is 4.21. The third-order valence-electron chi connectivity index (χ3n) is 3.13. The van der Waals surface area contributed by atoms with Crippen LogP contribution >= 0.6 is 11.6 Å². The molecule has 0 saturated carbocycles. The molecule has 5 heteroatoms. The Balaban J connectivity index is 2.03. The van der Waals surface area contributed by atoms with Gasteiger partial charge in [-0.15, -0.1) is 0 Å². The maximum Gasteiger partial charge on any atom is 0.225 e. The molecule has 0 fully saturated rings. The maximum absolute atomic E-state index is 12.0. The lowest BCUT2D eigenvalue weighted by Crippen LogP contribution is -2.31. The number of phenolic OH excluding ortho intramolecular Hbond substituents is 1. The number of phenols is 1. The van der Waals surface area contributed by atoms with Gasteiger partial charge in [-0.25, -0.2) is 0 Å². The van der Waals surface area contributed by atoms with E-state index in [4.69, 9.17) is 11.6 Å². The van der Waals surface area contributed by atoms with Crippen molar-refractivity contribution >= 4 is 17.5 Å². The largest absolute Gasteiger partial charge is 0.508 e. The van der Waals surface area contributed by atoms with E-state index in [1.807, 2.05) is 0 Å². The lowest BCUT2D eigenvalue weighted by atomic mass is 10.1. The predicted molar refractivity (Wildman–Crippen MR) is 81.2 cm³/mol. The van der Waals surface area contributed by atoms with Crippen molar-refractivity contribution in [1.29, 1.82) is 0 Å². The van der Waals surface area contributed by atoms with E-state index < -0.39 is 6.04 Å². The van der Waals surface area contributed by atoms with Gasteiger partial charge in [-0.3, -0.25) is 4.79 Å². The van der Waals surface area contributed by atoms with Gasteiger partial charge >= 0.3 is 0 Å². The summed E-state index contributed by atoms with van der Waals surface area (Å²) in [6.45, 7) is -0.214. The second-order valence-electron chi connectivity index (χ2n) is 4.66. The van der Waals surface area contributed by atoms with E-state index in [1.165, 1.54) is 6.07 Å². The van der Waals surface area contributed by atoms with Crippen LogP contribution in [-0.4, -0.2) is 22.7 Å². The molecule has 0 bridgehead atoms. The van der Waals surface area contributed by atoms with E-state index in [1.54, 1.807) is 42.5 Å². The summed E-state index contributed by atoms with van der Waals surface area (Å²) in [6, 6.07) is 13.1. The smallest absolute Gasteiger partial charge is 0.225 e. The summed E-state index contributed by atoms with van der Waals surface area (Å²) in [5.74, 6) is -0.190. The van der Waals surface area contributed by atoms with Crippen molar-refractivity contribution in [2.45, 2.75) is 12.5 Å². The Hall–Kier alpha value is -2.04. The minimum absolute atomic E-state index is 0.0523. The molecule has 1 amide bonds. The highest BCUT2D eigenvalue weighted by molar-refractivity contribution is 6.30. The fraction of sp³-hybridized carbons (Fsp3) is 0.188. The minimum Gasteiger partial charge on any atom is -0.508 e. The SMILES string of the molecule is O=C(Cc1ccccc1O)NC(CO)c1ccc(Cl)cc1. The Morgan fingerprint density at radius 3 is 2.43 bits per heavy atom.